The molecular weight excluding hydrogens is 392 g/mol. The number of para-hydroxylation sites is 2. The minimum atomic E-state index is -0.286. The summed E-state index contributed by atoms with van der Waals surface area (Å²) in [7, 11) is 2.02. The fraction of sp³-hybridized carbons (Fsp3) is 0.217. The van der Waals surface area contributed by atoms with Crippen LogP contribution in [0.5, 0.6) is 0 Å². The topological polar surface area (TPSA) is 85.1 Å². The van der Waals surface area contributed by atoms with Crippen molar-refractivity contribution in [1.29, 1.82) is 0 Å². The van der Waals surface area contributed by atoms with E-state index in [1.807, 2.05) is 67.7 Å². The Labute approximate surface area is 179 Å². The van der Waals surface area contributed by atoms with E-state index in [1.165, 1.54) is 17.1 Å². The molecule has 2 heterocycles. The largest absolute Gasteiger partial charge is 0.375 e. The van der Waals surface area contributed by atoms with Gasteiger partial charge in [-0.2, -0.15) is 5.10 Å². The second-order valence-corrected chi connectivity index (χ2v) is 7.27. The van der Waals surface area contributed by atoms with Crippen LogP contribution in [0, 0.1) is 0 Å². The zero-order valence-electron chi connectivity index (χ0n) is 17.3. The lowest BCUT2D eigenvalue weighted by molar-refractivity contribution is -0.121. The molecule has 8 heteroatoms. The normalized spacial score (nSPS) is 10.9. The van der Waals surface area contributed by atoms with Gasteiger partial charge in [-0.3, -0.25) is 14.2 Å². The van der Waals surface area contributed by atoms with Crippen molar-refractivity contribution in [2.75, 3.05) is 25.0 Å². The third kappa shape index (κ3) is 4.63. The quantitative estimate of drug-likeness (QED) is 0.445. The number of benzene rings is 2. The number of nitrogens with one attached hydrogen (secondary N) is 1. The molecule has 8 nitrogen and oxygen atoms in total. The Kier molecular flexibility index (Phi) is 6.07. The van der Waals surface area contributed by atoms with Crippen molar-refractivity contribution in [2.24, 2.45) is 0 Å². The molecule has 2 aromatic carbocycles. The van der Waals surface area contributed by atoms with Crippen molar-refractivity contribution in [3.05, 3.63) is 83.5 Å². The van der Waals surface area contributed by atoms with Gasteiger partial charge in [-0.15, -0.1) is 0 Å². The van der Waals surface area contributed by atoms with Crippen molar-refractivity contribution < 1.29 is 4.79 Å². The van der Waals surface area contributed by atoms with Gasteiger partial charge < -0.3 is 10.2 Å². The van der Waals surface area contributed by atoms with E-state index in [-0.39, 0.29) is 18.0 Å². The standard InChI is InChI=1S/C23H24N6O2/c1-27(18-9-4-2-5-10-18)14-8-13-24-21(30)16-28-17-25-22-20(23(28)31)15-26-29(22)19-11-6-3-7-12-19/h2-7,9-12,15,17H,8,13-14,16H2,1H3,(H,24,30). The molecule has 1 N–H and O–H groups in total. The van der Waals surface area contributed by atoms with Gasteiger partial charge in [0.2, 0.25) is 5.91 Å². The van der Waals surface area contributed by atoms with Crippen molar-refractivity contribution in [1.82, 2.24) is 24.6 Å². The third-order valence-corrected chi connectivity index (χ3v) is 5.06. The molecule has 0 radical (unpaired) electrons. The maximum absolute atomic E-state index is 12.8. The Morgan fingerprint density at radius 1 is 1.06 bits per heavy atom. The third-order valence-electron chi connectivity index (χ3n) is 5.06. The molecule has 0 saturated carbocycles. The number of amides is 1. The fourth-order valence-corrected chi connectivity index (χ4v) is 3.39. The highest BCUT2D eigenvalue weighted by molar-refractivity contribution is 5.77. The van der Waals surface area contributed by atoms with E-state index in [0.29, 0.717) is 17.6 Å². The number of rotatable bonds is 8. The van der Waals surface area contributed by atoms with E-state index in [2.05, 4.69) is 20.3 Å². The van der Waals surface area contributed by atoms with E-state index >= 15 is 0 Å². The molecule has 0 atom stereocenters. The van der Waals surface area contributed by atoms with Crippen molar-refractivity contribution in [2.45, 2.75) is 13.0 Å². The number of aromatic nitrogens is 4. The summed E-state index contributed by atoms with van der Waals surface area (Å²) in [5.74, 6) is -0.221. The van der Waals surface area contributed by atoms with Crippen LogP contribution in [-0.4, -0.2) is 45.4 Å². The zero-order valence-corrected chi connectivity index (χ0v) is 17.3. The van der Waals surface area contributed by atoms with Gasteiger partial charge in [0.25, 0.3) is 5.56 Å². The first-order valence-corrected chi connectivity index (χ1v) is 10.1. The molecule has 0 aliphatic carbocycles. The number of hydrogen-bond donors (Lipinski definition) is 1. The summed E-state index contributed by atoms with van der Waals surface area (Å²) in [4.78, 5) is 31.6. The number of fused-ring (bicyclic) bond motifs is 1. The lowest BCUT2D eigenvalue weighted by Gasteiger charge is -2.19. The molecule has 2 aromatic heterocycles. The molecule has 0 aliphatic heterocycles. The Morgan fingerprint density at radius 3 is 2.52 bits per heavy atom. The van der Waals surface area contributed by atoms with Crippen LogP contribution < -0.4 is 15.8 Å². The van der Waals surface area contributed by atoms with Crippen LogP contribution in [-0.2, 0) is 11.3 Å². The number of hydrogen-bond acceptors (Lipinski definition) is 5. The lowest BCUT2D eigenvalue weighted by atomic mass is 10.3. The molecule has 158 valence electrons. The molecule has 0 spiro atoms. The molecule has 0 bridgehead atoms. The van der Waals surface area contributed by atoms with Crippen LogP contribution in [0.3, 0.4) is 0 Å². The molecule has 4 rings (SSSR count). The minimum absolute atomic E-state index is 0.0766. The summed E-state index contributed by atoms with van der Waals surface area (Å²) in [6.07, 6.45) is 3.69. The first-order valence-electron chi connectivity index (χ1n) is 10.1. The summed E-state index contributed by atoms with van der Waals surface area (Å²) < 4.78 is 2.93. The van der Waals surface area contributed by atoms with E-state index in [4.69, 9.17) is 0 Å². The Morgan fingerprint density at radius 2 is 1.77 bits per heavy atom. The highest BCUT2D eigenvalue weighted by Crippen LogP contribution is 2.13. The van der Waals surface area contributed by atoms with Crippen LogP contribution >= 0.6 is 0 Å². The predicted molar refractivity (Wildman–Crippen MR) is 120 cm³/mol. The Bertz CT molecular complexity index is 1220. The van der Waals surface area contributed by atoms with Crippen LogP contribution in [0.4, 0.5) is 5.69 Å². The lowest BCUT2D eigenvalue weighted by Crippen LogP contribution is -2.34. The molecule has 31 heavy (non-hydrogen) atoms. The monoisotopic (exact) mass is 416 g/mol. The van der Waals surface area contributed by atoms with Gasteiger partial charge in [0.15, 0.2) is 5.65 Å². The summed E-state index contributed by atoms with van der Waals surface area (Å²) in [5, 5.41) is 7.53. The summed E-state index contributed by atoms with van der Waals surface area (Å²) in [5.41, 5.74) is 2.14. The number of carbonyl (C=O) groups excluding carboxylic acids is 1. The summed E-state index contributed by atoms with van der Waals surface area (Å²) in [6.45, 7) is 1.27. The second kappa shape index (κ2) is 9.25. The van der Waals surface area contributed by atoms with Gasteiger partial charge >= 0.3 is 0 Å². The zero-order chi connectivity index (χ0) is 21.6. The summed E-state index contributed by atoms with van der Waals surface area (Å²) >= 11 is 0. The first kappa shape index (κ1) is 20.3. The average Bonchev–Trinajstić information content (AvgIpc) is 3.24. The van der Waals surface area contributed by atoms with Crippen LogP contribution in [0.1, 0.15) is 6.42 Å². The van der Waals surface area contributed by atoms with Crippen molar-refractivity contribution >= 4 is 22.6 Å². The maximum atomic E-state index is 12.8. The minimum Gasteiger partial charge on any atom is -0.375 e. The van der Waals surface area contributed by atoms with Crippen molar-refractivity contribution in [3.8, 4) is 5.69 Å². The van der Waals surface area contributed by atoms with Crippen LogP contribution in [0.15, 0.2) is 78.0 Å². The van der Waals surface area contributed by atoms with E-state index in [1.54, 1.807) is 4.68 Å². The molecule has 0 unspecified atom stereocenters. The Balaban J connectivity index is 1.35. The average molecular weight is 416 g/mol. The SMILES string of the molecule is CN(CCCNC(=O)Cn1cnc2c(cnn2-c2ccccc2)c1=O)c1ccccc1. The summed E-state index contributed by atoms with van der Waals surface area (Å²) in [6, 6.07) is 19.6. The molecule has 0 saturated heterocycles. The smallest absolute Gasteiger partial charge is 0.264 e. The van der Waals surface area contributed by atoms with Gasteiger partial charge in [-0.1, -0.05) is 36.4 Å². The molecular formula is C23H24N6O2. The predicted octanol–water partition coefficient (Wildman–Crippen LogP) is 2.22. The number of anilines is 1. The Hall–Kier alpha value is -3.94. The highest BCUT2D eigenvalue weighted by Gasteiger charge is 2.13. The number of carbonyl (C=O) groups is 1. The van der Waals surface area contributed by atoms with Gasteiger partial charge in [0.1, 0.15) is 18.3 Å². The van der Waals surface area contributed by atoms with Gasteiger partial charge in [-0.25, -0.2) is 9.67 Å². The second-order valence-electron chi connectivity index (χ2n) is 7.27. The van der Waals surface area contributed by atoms with E-state index < -0.39 is 0 Å². The number of nitrogens with zero attached hydrogens (tertiary/aromatic N) is 5. The van der Waals surface area contributed by atoms with Crippen LogP contribution in [0.2, 0.25) is 0 Å². The van der Waals surface area contributed by atoms with E-state index in [0.717, 1.165) is 24.3 Å². The molecule has 0 aliphatic rings. The first-order chi connectivity index (χ1) is 15.1. The van der Waals surface area contributed by atoms with Crippen molar-refractivity contribution in [3.63, 3.8) is 0 Å². The molecule has 1 amide bonds. The molecule has 4 aromatic rings. The van der Waals surface area contributed by atoms with Gasteiger partial charge in [0, 0.05) is 25.8 Å². The van der Waals surface area contributed by atoms with Gasteiger partial charge in [-0.05, 0) is 30.7 Å². The fourth-order valence-electron chi connectivity index (χ4n) is 3.39. The highest BCUT2D eigenvalue weighted by atomic mass is 16.2. The maximum Gasteiger partial charge on any atom is 0.264 e. The van der Waals surface area contributed by atoms with Crippen LogP contribution in [0.25, 0.3) is 16.7 Å². The van der Waals surface area contributed by atoms with E-state index in [9.17, 15) is 9.59 Å². The van der Waals surface area contributed by atoms with Gasteiger partial charge in [0.05, 0.1) is 11.9 Å². The molecule has 0 fully saturated rings.